The molecule has 9 nitrogen and oxygen atoms in total. The summed E-state index contributed by atoms with van der Waals surface area (Å²) >= 11 is 0. The van der Waals surface area contributed by atoms with E-state index in [2.05, 4.69) is 86.8 Å². The Balaban J connectivity index is 3.82. The van der Waals surface area contributed by atoms with Crippen LogP contribution in [0.2, 0.25) is 0 Å². The van der Waals surface area contributed by atoms with Gasteiger partial charge in [-0.3, -0.25) is 18.6 Å². The molecule has 0 bridgehead atoms. The van der Waals surface area contributed by atoms with Crippen LogP contribution in [0.4, 0.5) is 0 Å². The van der Waals surface area contributed by atoms with Crippen molar-refractivity contribution in [3.63, 3.8) is 0 Å². The zero-order valence-electron chi connectivity index (χ0n) is 54.4. The second-order valence-corrected chi connectivity index (χ2v) is 25.2. The van der Waals surface area contributed by atoms with Gasteiger partial charge in [0.05, 0.1) is 13.2 Å². The zero-order valence-corrected chi connectivity index (χ0v) is 55.3. The molecule has 2 atom stereocenters. The predicted octanol–water partition coefficient (Wildman–Crippen LogP) is 23.2. The molecule has 0 saturated carbocycles. The third kappa shape index (κ3) is 68.4. The third-order valence-corrected chi connectivity index (χ3v) is 16.6. The summed E-state index contributed by atoms with van der Waals surface area (Å²) in [6.07, 6.45) is 90.0. The van der Waals surface area contributed by atoms with Gasteiger partial charge in [0.1, 0.15) is 6.61 Å². The van der Waals surface area contributed by atoms with Crippen LogP contribution in [0.1, 0.15) is 348 Å². The number of nitrogens with two attached hydrogens (primary N) is 1. The summed E-state index contributed by atoms with van der Waals surface area (Å²) in [6.45, 7) is 3.69. The Morgan fingerprint density at radius 2 is 0.663 bits per heavy atom. The van der Waals surface area contributed by atoms with Crippen molar-refractivity contribution in [3.8, 4) is 0 Å². The molecule has 0 saturated heterocycles. The highest BCUT2D eigenvalue weighted by molar-refractivity contribution is 7.47. The lowest BCUT2D eigenvalue weighted by molar-refractivity contribution is -0.161. The van der Waals surface area contributed by atoms with E-state index in [1.54, 1.807) is 0 Å². The van der Waals surface area contributed by atoms with Crippen molar-refractivity contribution in [2.75, 3.05) is 26.4 Å². The van der Waals surface area contributed by atoms with Crippen molar-refractivity contribution in [2.24, 2.45) is 5.73 Å². The smallest absolute Gasteiger partial charge is 0.462 e. The van der Waals surface area contributed by atoms with Gasteiger partial charge in [0.15, 0.2) is 6.10 Å². The Labute approximate surface area is 513 Å². The normalized spacial score (nSPS) is 13.3. The van der Waals surface area contributed by atoms with Gasteiger partial charge in [-0.1, -0.05) is 324 Å². The fourth-order valence-electron chi connectivity index (χ4n) is 10.4. The van der Waals surface area contributed by atoms with Crippen LogP contribution >= 0.6 is 7.82 Å². The van der Waals surface area contributed by atoms with Crippen LogP contribution < -0.4 is 5.73 Å². The number of ether oxygens (including phenoxy) is 2. The second kappa shape index (κ2) is 68.6. The molecular formula is C73H134NO8P. The molecule has 0 fully saturated rings. The van der Waals surface area contributed by atoms with Gasteiger partial charge in [-0.25, -0.2) is 4.57 Å². The van der Waals surface area contributed by atoms with Crippen LogP contribution in [0.5, 0.6) is 0 Å². The fraction of sp³-hybridized carbons (Fsp3) is 0.808. The Hall–Kier alpha value is -2.55. The van der Waals surface area contributed by atoms with Gasteiger partial charge in [0.2, 0.25) is 0 Å². The van der Waals surface area contributed by atoms with Crippen LogP contribution in [0, 0.1) is 0 Å². The molecule has 0 heterocycles. The first kappa shape index (κ1) is 80.5. The largest absolute Gasteiger partial charge is 0.472 e. The molecule has 0 rings (SSSR count). The number of rotatable bonds is 67. The molecule has 0 aliphatic heterocycles. The molecule has 484 valence electrons. The van der Waals surface area contributed by atoms with Crippen molar-refractivity contribution in [1.29, 1.82) is 0 Å². The summed E-state index contributed by atoms with van der Waals surface area (Å²) in [6, 6.07) is 0. The maximum Gasteiger partial charge on any atom is 0.472 e. The Morgan fingerprint density at radius 1 is 0.373 bits per heavy atom. The topological polar surface area (TPSA) is 134 Å². The highest BCUT2D eigenvalue weighted by Gasteiger charge is 2.26. The predicted molar refractivity (Wildman–Crippen MR) is 358 cm³/mol. The van der Waals surface area contributed by atoms with Gasteiger partial charge in [-0.15, -0.1) is 0 Å². The van der Waals surface area contributed by atoms with E-state index in [0.717, 1.165) is 64.2 Å². The molecular weight excluding hydrogens is 1050 g/mol. The van der Waals surface area contributed by atoms with E-state index in [1.165, 1.54) is 250 Å². The van der Waals surface area contributed by atoms with Crippen molar-refractivity contribution >= 4 is 19.8 Å². The third-order valence-electron chi connectivity index (χ3n) is 15.6. The molecule has 3 N–H and O–H groups in total. The van der Waals surface area contributed by atoms with E-state index in [-0.39, 0.29) is 38.6 Å². The fourth-order valence-corrected chi connectivity index (χ4v) is 11.1. The first-order valence-electron chi connectivity index (χ1n) is 35.4. The summed E-state index contributed by atoms with van der Waals surface area (Å²) in [7, 11) is -4.39. The van der Waals surface area contributed by atoms with Crippen molar-refractivity contribution in [2.45, 2.75) is 354 Å². The molecule has 83 heavy (non-hydrogen) atoms. The monoisotopic (exact) mass is 1180 g/mol. The number of hydrogen-bond donors (Lipinski definition) is 2. The van der Waals surface area contributed by atoms with E-state index < -0.39 is 26.5 Å². The molecule has 2 unspecified atom stereocenters. The maximum absolute atomic E-state index is 12.8. The van der Waals surface area contributed by atoms with E-state index >= 15 is 0 Å². The molecule has 10 heteroatoms. The van der Waals surface area contributed by atoms with Gasteiger partial charge in [-0.2, -0.15) is 0 Å². The minimum Gasteiger partial charge on any atom is -0.462 e. The maximum atomic E-state index is 12.8. The lowest BCUT2D eigenvalue weighted by atomic mass is 10.0. The van der Waals surface area contributed by atoms with Crippen molar-refractivity contribution in [1.82, 2.24) is 0 Å². The number of carbonyl (C=O) groups excluding carboxylic acids is 2. The summed E-state index contributed by atoms with van der Waals surface area (Å²) < 4.78 is 33.2. The molecule has 0 aliphatic carbocycles. The SMILES string of the molecule is CC/C=C\C/C=C\C/C=C\C/C=C\C/C=C\CCCCCCCCCCCCCCCCCCCCCCCC(=O)OC(COC(=O)CCCCCCCCCCCCCCC/C=C\CCCCCCCCCC)COP(=O)(O)OCCN. The van der Waals surface area contributed by atoms with Crippen LogP contribution in [-0.4, -0.2) is 49.3 Å². The van der Waals surface area contributed by atoms with Crippen molar-refractivity contribution in [3.05, 3.63) is 72.9 Å². The number of allylic oxidation sites excluding steroid dienone is 12. The van der Waals surface area contributed by atoms with E-state index in [4.69, 9.17) is 24.3 Å². The first-order chi connectivity index (χ1) is 40.8. The van der Waals surface area contributed by atoms with Gasteiger partial charge >= 0.3 is 19.8 Å². The Kier molecular flexibility index (Phi) is 66.5. The molecule has 0 aliphatic rings. The summed E-state index contributed by atoms with van der Waals surface area (Å²) in [4.78, 5) is 35.4. The lowest BCUT2D eigenvalue weighted by Crippen LogP contribution is -2.29. The molecule has 0 amide bonds. The van der Waals surface area contributed by atoms with Crippen molar-refractivity contribution < 1.29 is 37.6 Å². The van der Waals surface area contributed by atoms with Crippen LogP contribution in [0.15, 0.2) is 72.9 Å². The van der Waals surface area contributed by atoms with Crippen LogP contribution in [-0.2, 0) is 32.7 Å². The quantitative estimate of drug-likeness (QED) is 0.0264. The summed E-state index contributed by atoms with van der Waals surface area (Å²) in [5.41, 5.74) is 5.40. The van der Waals surface area contributed by atoms with E-state index in [9.17, 15) is 19.0 Å². The first-order valence-corrected chi connectivity index (χ1v) is 36.9. The van der Waals surface area contributed by atoms with Gasteiger partial charge < -0.3 is 20.1 Å². The zero-order chi connectivity index (χ0) is 60.1. The van der Waals surface area contributed by atoms with Crippen LogP contribution in [0.3, 0.4) is 0 Å². The Morgan fingerprint density at radius 3 is 1.00 bits per heavy atom. The van der Waals surface area contributed by atoms with E-state index in [0.29, 0.717) is 6.42 Å². The summed E-state index contributed by atoms with van der Waals surface area (Å²) in [5, 5.41) is 0. The highest BCUT2D eigenvalue weighted by atomic mass is 31.2. The number of unbranched alkanes of at least 4 members (excludes halogenated alkanes) is 42. The van der Waals surface area contributed by atoms with Gasteiger partial charge in [-0.05, 0) is 83.5 Å². The van der Waals surface area contributed by atoms with E-state index in [1.807, 2.05) is 0 Å². The minimum absolute atomic E-state index is 0.0541. The highest BCUT2D eigenvalue weighted by Crippen LogP contribution is 2.43. The minimum atomic E-state index is -4.39. The number of phosphoric acid groups is 1. The molecule has 0 radical (unpaired) electrons. The number of carbonyl (C=O) groups is 2. The lowest BCUT2D eigenvalue weighted by Gasteiger charge is -2.19. The van der Waals surface area contributed by atoms with Crippen LogP contribution in [0.25, 0.3) is 0 Å². The Bertz CT molecular complexity index is 1590. The molecule has 0 aromatic rings. The molecule has 0 aromatic heterocycles. The number of hydrogen-bond acceptors (Lipinski definition) is 8. The van der Waals surface area contributed by atoms with Gasteiger partial charge in [0, 0.05) is 19.4 Å². The summed E-state index contributed by atoms with van der Waals surface area (Å²) in [5.74, 6) is -0.810. The standard InChI is InChI=1S/C73H134NO8P/c1-3-5-7-9-11-13-15-17-19-21-23-25-27-29-30-31-32-33-34-35-36-37-38-39-40-42-44-46-48-50-52-54-56-58-60-62-64-66-73(76)82-71(70-81-83(77,78)80-68-67-74)69-79-72(75)65-63-61-59-57-55-53-51-49-47-45-43-41-28-26-24-22-20-18-16-14-12-10-8-6-4-2/h5,7,11,13,17,19,22-25,29-30,71H,3-4,6,8-10,12,14-16,18,20-21,26-28,31-70,74H2,1-2H3,(H,77,78)/b7-5-,13-11-,19-17-,24-22-,25-23-,30-29-. The molecule has 0 spiro atoms. The average Bonchev–Trinajstić information content (AvgIpc) is 3.49. The average molecular weight is 1180 g/mol. The number of phosphoric ester groups is 1. The number of esters is 2. The molecule has 0 aromatic carbocycles. The van der Waals surface area contributed by atoms with Gasteiger partial charge in [0.25, 0.3) is 0 Å². The second-order valence-electron chi connectivity index (χ2n) is 23.7.